The molecule has 0 saturated heterocycles. The van der Waals surface area contributed by atoms with Crippen LogP contribution in [0.25, 0.3) is 11.0 Å². The predicted molar refractivity (Wildman–Crippen MR) is 70.0 cm³/mol. The second-order valence-electron chi connectivity index (χ2n) is 4.59. The molecule has 0 radical (unpaired) electrons. The maximum absolute atomic E-state index is 9.06. The predicted octanol–water partition coefficient (Wildman–Crippen LogP) is 3.10. The third-order valence-electron chi connectivity index (χ3n) is 3.19. The normalized spacial score (nSPS) is 11.2. The minimum atomic E-state index is -0.0289. The second kappa shape index (κ2) is 5.32. The maximum atomic E-state index is 9.06. The summed E-state index contributed by atoms with van der Waals surface area (Å²) in [6, 6.07) is 4.28. The molecule has 1 aromatic carbocycles. The van der Waals surface area contributed by atoms with E-state index in [1.54, 1.807) is 0 Å². The first-order valence-corrected chi connectivity index (χ1v) is 6.33. The molecule has 1 aromatic heterocycles. The molecule has 0 fully saturated rings. The lowest BCUT2D eigenvalue weighted by Gasteiger charge is -2.05. The summed E-state index contributed by atoms with van der Waals surface area (Å²) >= 11 is 0. The average molecular weight is 232 g/mol. The number of benzene rings is 1. The number of rotatable bonds is 5. The molecule has 2 N–H and O–H groups in total. The van der Waals surface area contributed by atoms with E-state index in [0.717, 1.165) is 17.5 Å². The summed E-state index contributed by atoms with van der Waals surface area (Å²) in [5.41, 5.74) is 4.67. The maximum Gasteiger partial charge on any atom is 0.133 e. The largest absolute Gasteiger partial charge is 0.388 e. The zero-order chi connectivity index (χ0) is 12.3. The molecule has 3 heteroatoms. The number of unbranched alkanes of at least 4 members (excludes halogenated alkanes) is 2. The molecule has 17 heavy (non-hydrogen) atoms. The lowest BCUT2D eigenvalue weighted by Crippen LogP contribution is -1.90. The summed E-state index contributed by atoms with van der Waals surface area (Å²) in [6.07, 6.45) is 4.88. The first kappa shape index (κ1) is 12.1. The quantitative estimate of drug-likeness (QED) is 0.778. The number of aryl methyl sites for hydroxylation is 2. The zero-order valence-electron chi connectivity index (χ0n) is 10.6. The summed E-state index contributed by atoms with van der Waals surface area (Å²) in [4.78, 5) is 7.48. The molecule has 2 rings (SSSR count). The lowest BCUT2D eigenvalue weighted by atomic mass is 10.0. The van der Waals surface area contributed by atoms with Crippen LogP contribution in [0.4, 0.5) is 0 Å². The Bertz CT molecular complexity index is 502. The highest BCUT2D eigenvalue weighted by atomic mass is 16.3. The Morgan fingerprint density at radius 3 is 2.82 bits per heavy atom. The Balaban J connectivity index is 2.27. The van der Waals surface area contributed by atoms with Crippen molar-refractivity contribution in [2.45, 2.75) is 46.1 Å². The highest BCUT2D eigenvalue weighted by Crippen LogP contribution is 2.20. The van der Waals surface area contributed by atoms with Crippen LogP contribution in [-0.2, 0) is 13.0 Å². The number of aromatic nitrogens is 2. The van der Waals surface area contributed by atoms with E-state index in [9.17, 15) is 0 Å². The number of hydrogen-bond acceptors (Lipinski definition) is 2. The van der Waals surface area contributed by atoms with E-state index in [0.29, 0.717) is 5.82 Å². The Hall–Kier alpha value is -1.35. The third-order valence-corrected chi connectivity index (χ3v) is 3.19. The minimum Gasteiger partial charge on any atom is -0.388 e. The summed E-state index contributed by atoms with van der Waals surface area (Å²) in [6.45, 7) is 4.33. The van der Waals surface area contributed by atoms with E-state index in [1.807, 2.05) is 0 Å². The van der Waals surface area contributed by atoms with E-state index >= 15 is 0 Å². The van der Waals surface area contributed by atoms with Crippen molar-refractivity contribution in [3.05, 3.63) is 29.1 Å². The van der Waals surface area contributed by atoms with Crippen LogP contribution in [0.3, 0.4) is 0 Å². The Morgan fingerprint density at radius 2 is 2.12 bits per heavy atom. The molecular weight excluding hydrogens is 212 g/mol. The van der Waals surface area contributed by atoms with Gasteiger partial charge < -0.3 is 10.1 Å². The summed E-state index contributed by atoms with van der Waals surface area (Å²) in [7, 11) is 0. The highest BCUT2D eigenvalue weighted by molar-refractivity contribution is 5.77. The van der Waals surface area contributed by atoms with Crippen LogP contribution < -0.4 is 0 Å². The number of aliphatic hydroxyl groups excluding tert-OH is 1. The first-order chi connectivity index (χ1) is 8.24. The van der Waals surface area contributed by atoms with Crippen molar-refractivity contribution < 1.29 is 5.11 Å². The number of hydrogen-bond donors (Lipinski definition) is 2. The number of H-pyrrole nitrogens is 1. The standard InChI is InChI=1S/C14H20N2O/c1-3-4-5-6-11-8-13-12(7-10(11)2)15-14(9-17)16-13/h7-8,17H,3-6,9H2,1-2H3,(H,15,16). The molecule has 0 aliphatic carbocycles. The number of aliphatic hydroxyl groups is 1. The van der Waals surface area contributed by atoms with Crippen molar-refractivity contribution in [2.75, 3.05) is 0 Å². The molecule has 1 heterocycles. The van der Waals surface area contributed by atoms with Gasteiger partial charge in [-0.3, -0.25) is 0 Å². The van der Waals surface area contributed by atoms with Crippen LogP contribution >= 0.6 is 0 Å². The molecule has 3 nitrogen and oxygen atoms in total. The van der Waals surface area contributed by atoms with Gasteiger partial charge in [0.15, 0.2) is 0 Å². The van der Waals surface area contributed by atoms with Gasteiger partial charge in [-0.25, -0.2) is 4.98 Å². The van der Waals surface area contributed by atoms with Gasteiger partial charge >= 0.3 is 0 Å². The van der Waals surface area contributed by atoms with Gasteiger partial charge in [-0.15, -0.1) is 0 Å². The number of aromatic amines is 1. The first-order valence-electron chi connectivity index (χ1n) is 6.33. The smallest absolute Gasteiger partial charge is 0.133 e. The van der Waals surface area contributed by atoms with Crippen LogP contribution in [0.2, 0.25) is 0 Å². The van der Waals surface area contributed by atoms with Gasteiger partial charge in [0, 0.05) is 0 Å². The van der Waals surface area contributed by atoms with Crippen molar-refractivity contribution in [1.82, 2.24) is 9.97 Å². The van der Waals surface area contributed by atoms with Gasteiger partial charge in [-0.1, -0.05) is 19.8 Å². The van der Waals surface area contributed by atoms with Crippen LogP contribution in [0.5, 0.6) is 0 Å². The van der Waals surface area contributed by atoms with Crippen molar-refractivity contribution in [3.63, 3.8) is 0 Å². The van der Waals surface area contributed by atoms with E-state index in [2.05, 4.69) is 35.9 Å². The molecule has 0 saturated carbocycles. The molecule has 0 spiro atoms. The molecule has 0 atom stereocenters. The van der Waals surface area contributed by atoms with E-state index < -0.39 is 0 Å². The topological polar surface area (TPSA) is 48.9 Å². The molecule has 0 aliphatic rings. The van der Waals surface area contributed by atoms with Crippen LogP contribution in [0, 0.1) is 6.92 Å². The SMILES string of the molecule is CCCCCc1cc2nc(CO)[nH]c2cc1C. The molecule has 0 bridgehead atoms. The number of fused-ring (bicyclic) bond motifs is 1. The van der Waals surface area contributed by atoms with Gasteiger partial charge in [0.25, 0.3) is 0 Å². The van der Waals surface area contributed by atoms with Crippen LogP contribution in [-0.4, -0.2) is 15.1 Å². The van der Waals surface area contributed by atoms with Gasteiger partial charge in [-0.2, -0.15) is 0 Å². The number of nitrogens with zero attached hydrogens (tertiary/aromatic N) is 1. The molecule has 0 amide bonds. The highest BCUT2D eigenvalue weighted by Gasteiger charge is 2.06. The summed E-state index contributed by atoms with van der Waals surface area (Å²) in [5.74, 6) is 0.644. The molecule has 0 unspecified atom stereocenters. The molecule has 92 valence electrons. The molecule has 2 aromatic rings. The third kappa shape index (κ3) is 2.67. The molecular formula is C14H20N2O. The number of nitrogens with one attached hydrogen (secondary N) is 1. The Kier molecular flexibility index (Phi) is 3.79. The Labute approximate surface area is 102 Å². The van der Waals surface area contributed by atoms with E-state index in [-0.39, 0.29) is 6.61 Å². The van der Waals surface area contributed by atoms with Crippen LogP contribution in [0.1, 0.15) is 43.1 Å². The average Bonchev–Trinajstić information content (AvgIpc) is 2.71. The lowest BCUT2D eigenvalue weighted by molar-refractivity contribution is 0.273. The molecule has 0 aliphatic heterocycles. The van der Waals surface area contributed by atoms with Crippen molar-refractivity contribution in [1.29, 1.82) is 0 Å². The van der Waals surface area contributed by atoms with Crippen molar-refractivity contribution >= 4 is 11.0 Å². The van der Waals surface area contributed by atoms with Gasteiger partial charge in [0.05, 0.1) is 11.0 Å². The van der Waals surface area contributed by atoms with Crippen LogP contribution in [0.15, 0.2) is 12.1 Å². The van der Waals surface area contributed by atoms with E-state index in [1.165, 1.54) is 30.4 Å². The monoisotopic (exact) mass is 232 g/mol. The van der Waals surface area contributed by atoms with Crippen molar-refractivity contribution in [3.8, 4) is 0 Å². The van der Waals surface area contributed by atoms with E-state index in [4.69, 9.17) is 5.11 Å². The summed E-state index contributed by atoms with van der Waals surface area (Å²) in [5, 5.41) is 9.06. The fourth-order valence-electron chi connectivity index (χ4n) is 2.17. The minimum absolute atomic E-state index is 0.0289. The fourth-order valence-corrected chi connectivity index (χ4v) is 2.17. The fraction of sp³-hybridized carbons (Fsp3) is 0.500. The van der Waals surface area contributed by atoms with Gasteiger partial charge in [-0.05, 0) is 43.0 Å². The Morgan fingerprint density at radius 1 is 1.29 bits per heavy atom. The zero-order valence-corrected chi connectivity index (χ0v) is 10.6. The van der Waals surface area contributed by atoms with Crippen molar-refractivity contribution in [2.24, 2.45) is 0 Å². The number of imidazole rings is 1. The second-order valence-corrected chi connectivity index (χ2v) is 4.59. The van der Waals surface area contributed by atoms with Gasteiger partial charge in [0.1, 0.15) is 12.4 Å². The van der Waals surface area contributed by atoms with Gasteiger partial charge in [0.2, 0.25) is 0 Å². The summed E-state index contributed by atoms with van der Waals surface area (Å²) < 4.78 is 0.